The van der Waals surface area contributed by atoms with Crippen molar-refractivity contribution in [1.82, 2.24) is 19.8 Å². The molecule has 1 aromatic carbocycles. The van der Waals surface area contributed by atoms with Gasteiger partial charge in [-0.1, -0.05) is 0 Å². The van der Waals surface area contributed by atoms with Gasteiger partial charge in [-0.25, -0.2) is 9.18 Å². The maximum absolute atomic E-state index is 14.1. The van der Waals surface area contributed by atoms with Crippen molar-refractivity contribution < 1.29 is 28.6 Å². The summed E-state index contributed by atoms with van der Waals surface area (Å²) in [6.45, 7) is 2.07. The van der Waals surface area contributed by atoms with E-state index < -0.39 is 12.3 Å². The highest BCUT2D eigenvalue weighted by Gasteiger charge is 2.36. The Morgan fingerprint density at radius 1 is 1.25 bits per heavy atom. The molecule has 0 radical (unpaired) electrons. The number of amides is 2. The number of alkyl halides is 1. The number of hydrogen-bond acceptors (Lipinski definition) is 7. The number of fused-ring (bicyclic) bond motifs is 2. The van der Waals surface area contributed by atoms with Crippen molar-refractivity contribution in [3.05, 3.63) is 53.2 Å². The predicted molar refractivity (Wildman–Crippen MR) is 134 cm³/mol. The van der Waals surface area contributed by atoms with E-state index in [0.717, 1.165) is 11.1 Å². The predicted octanol–water partition coefficient (Wildman–Crippen LogP) is 3.71. The van der Waals surface area contributed by atoms with Crippen molar-refractivity contribution >= 4 is 44.4 Å². The minimum atomic E-state index is -1.21. The van der Waals surface area contributed by atoms with Crippen LogP contribution in [0, 0.1) is 6.92 Å². The van der Waals surface area contributed by atoms with E-state index in [1.807, 2.05) is 19.1 Å². The van der Waals surface area contributed by atoms with Crippen LogP contribution in [0.3, 0.4) is 0 Å². The lowest BCUT2D eigenvalue weighted by molar-refractivity contribution is 0.0596. The van der Waals surface area contributed by atoms with Crippen LogP contribution in [-0.4, -0.2) is 77.1 Å². The normalized spacial score (nSPS) is 17.7. The number of rotatable bonds is 6. The number of aryl methyl sites for hydroxylation is 1. The highest BCUT2D eigenvalue weighted by Crippen LogP contribution is 2.37. The lowest BCUT2D eigenvalue weighted by Gasteiger charge is -2.14. The number of likely N-dealkylation sites (tertiary alicyclic amines) is 1. The molecule has 5 rings (SSSR count). The quantitative estimate of drug-likeness (QED) is 0.408. The first-order valence-corrected chi connectivity index (χ1v) is 12.2. The van der Waals surface area contributed by atoms with Gasteiger partial charge in [-0.15, -0.1) is 11.3 Å². The van der Waals surface area contributed by atoms with Gasteiger partial charge in [-0.2, -0.15) is 0 Å². The molecule has 1 aliphatic rings. The lowest BCUT2D eigenvalue weighted by atomic mass is 10.2. The molecule has 36 heavy (non-hydrogen) atoms. The summed E-state index contributed by atoms with van der Waals surface area (Å²) >= 11 is 1.25. The van der Waals surface area contributed by atoms with Crippen LogP contribution >= 0.6 is 11.3 Å². The lowest BCUT2D eigenvalue weighted by Crippen LogP contribution is -2.31. The third-order valence-electron chi connectivity index (χ3n) is 6.15. The monoisotopic (exact) mass is 512 g/mol. The molecule has 2 N–H and O–H groups in total. The highest BCUT2D eigenvalue weighted by atomic mass is 32.1. The zero-order valence-electron chi connectivity index (χ0n) is 19.7. The van der Waals surface area contributed by atoms with Crippen molar-refractivity contribution in [2.24, 2.45) is 0 Å². The van der Waals surface area contributed by atoms with Gasteiger partial charge < -0.3 is 24.8 Å². The second kappa shape index (κ2) is 9.84. The van der Waals surface area contributed by atoms with E-state index >= 15 is 0 Å². The fourth-order valence-corrected chi connectivity index (χ4v) is 5.45. The van der Waals surface area contributed by atoms with Gasteiger partial charge in [0, 0.05) is 37.0 Å². The average molecular weight is 513 g/mol. The first kappa shape index (κ1) is 24.2. The molecule has 3 aromatic heterocycles. The number of aliphatic hydroxyl groups is 1. The Kier molecular flexibility index (Phi) is 6.61. The second-order valence-corrected chi connectivity index (χ2v) is 9.59. The number of aliphatic hydroxyl groups excluding tert-OH is 1. The number of hydrogen-bond donors (Lipinski definition) is 2. The van der Waals surface area contributed by atoms with Gasteiger partial charge in [0.25, 0.3) is 5.91 Å². The molecule has 2 amide bonds. The van der Waals surface area contributed by atoms with Crippen LogP contribution in [-0.2, 0) is 4.74 Å². The molecule has 4 heterocycles. The number of ether oxygens (including phenoxy) is 2. The molecular weight excluding hydrogens is 487 g/mol. The molecule has 1 saturated heterocycles. The summed E-state index contributed by atoms with van der Waals surface area (Å²) in [5, 5.41) is 12.5. The third kappa shape index (κ3) is 4.41. The number of benzene rings is 1. The molecular formula is C25H25FN4O5S. The van der Waals surface area contributed by atoms with Gasteiger partial charge >= 0.3 is 6.03 Å². The first-order valence-electron chi connectivity index (χ1n) is 11.4. The fourth-order valence-electron chi connectivity index (χ4n) is 4.41. The summed E-state index contributed by atoms with van der Waals surface area (Å²) in [6.07, 6.45) is -0.216. The molecule has 11 heteroatoms. The van der Waals surface area contributed by atoms with E-state index in [0.29, 0.717) is 32.1 Å². The van der Waals surface area contributed by atoms with E-state index in [9.17, 15) is 14.0 Å². The third-order valence-corrected chi connectivity index (χ3v) is 7.28. The molecule has 9 nitrogen and oxygen atoms in total. The molecule has 188 valence electrons. The number of carbonyl (C=O) groups excluding carboxylic acids is 2. The summed E-state index contributed by atoms with van der Waals surface area (Å²) in [4.78, 5) is 31.7. The van der Waals surface area contributed by atoms with Crippen LogP contribution in [0.5, 0.6) is 11.5 Å². The standard InChI is InChI=1S/C25H25FN4O5S/c1-14-9-15-10-16(3-4-19(15)30(14)25(33)28-7-8-31)35-20-5-6-27-18-11-22(36-23(18)20)24(32)29-12-17(26)21(13-29)34-2/h3-6,9-11,17,21,31H,7-8,12-13H2,1-2H3,(H,28,33). The molecule has 0 bridgehead atoms. The minimum Gasteiger partial charge on any atom is -0.456 e. The van der Waals surface area contributed by atoms with Crippen molar-refractivity contribution in [1.29, 1.82) is 0 Å². The number of nitrogens with zero attached hydrogens (tertiary/aromatic N) is 3. The summed E-state index contributed by atoms with van der Waals surface area (Å²) in [5.41, 5.74) is 2.08. The van der Waals surface area contributed by atoms with E-state index in [4.69, 9.17) is 14.6 Å². The zero-order valence-corrected chi connectivity index (χ0v) is 20.5. The van der Waals surface area contributed by atoms with E-state index in [-0.39, 0.29) is 38.2 Å². The maximum Gasteiger partial charge on any atom is 0.326 e. The molecule has 1 aliphatic heterocycles. The number of methoxy groups -OCH3 is 1. The SMILES string of the molecule is COC1CN(C(=O)c2cc3nccc(Oc4ccc5c(c4)cc(C)n5C(=O)NCCO)c3s2)CC1F. The Morgan fingerprint density at radius 3 is 2.83 bits per heavy atom. The fraction of sp³-hybridized carbons (Fsp3) is 0.320. The molecule has 1 fully saturated rings. The van der Waals surface area contributed by atoms with Gasteiger partial charge in [0.2, 0.25) is 0 Å². The number of aromatic nitrogens is 2. The maximum atomic E-state index is 14.1. The van der Waals surface area contributed by atoms with Crippen molar-refractivity contribution in [2.45, 2.75) is 19.2 Å². The topological polar surface area (TPSA) is 106 Å². The van der Waals surface area contributed by atoms with Crippen LogP contribution < -0.4 is 10.1 Å². The van der Waals surface area contributed by atoms with Gasteiger partial charge in [-0.05, 0) is 37.3 Å². The minimum absolute atomic E-state index is 0.000524. The smallest absolute Gasteiger partial charge is 0.326 e. The summed E-state index contributed by atoms with van der Waals surface area (Å²) in [7, 11) is 1.44. The average Bonchev–Trinajstić information content (AvgIpc) is 3.56. The molecule has 0 saturated carbocycles. The van der Waals surface area contributed by atoms with Crippen LogP contribution in [0.4, 0.5) is 9.18 Å². The van der Waals surface area contributed by atoms with Gasteiger partial charge in [0.15, 0.2) is 0 Å². The largest absolute Gasteiger partial charge is 0.456 e. The summed E-state index contributed by atoms with van der Waals surface area (Å²) < 4.78 is 27.6. The first-order chi connectivity index (χ1) is 17.4. The Bertz CT molecular complexity index is 1450. The van der Waals surface area contributed by atoms with Gasteiger partial charge in [0.05, 0.1) is 40.3 Å². The van der Waals surface area contributed by atoms with E-state index in [1.165, 1.54) is 23.3 Å². The second-order valence-electron chi connectivity index (χ2n) is 8.53. The summed E-state index contributed by atoms with van der Waals surface area (Å²) in [5.74, 6) is 0.843. The van der Waals surface area contributed by atoms with Crippen molar-refractivity contribution in [3.63, 3.8) is 0 Å². The van der Waals surface area contributed by atoms with Crippen LogP contribution in [0.25, 0.3) is 21.1 Å². The van der Waals surface area contributed by atoms with Crippen molar-refractivity contribution in [3.8, 4) is 11.5 Å². The Morgan fingerprint density at radius 2 is 2.08 bits per heavy atom. The van der Waals surface area contributed by atoms with Crippen LogP contribution in [0.15, 0.2) is 42.6 Å². The molecule has 0 spiro atoms. The van der Waals surface area contributed by atoms with E-state index in [1.54, 1.807) is 35.0 Å². The Balaban J connectivity index is 1.40. The Hall–Kier alpha value is -3.54. The molecule has 2 atom stereocenters. The molecule has 2 unspecified atom stereocenters. The highest BCUT2D eigenvalue weighted by molar-refractivity contribution is 7.21. The number of halogens is 1. The van der Waals surface area contributed by atoms with Crippen LogP contribution in [0.2, 0.25) is 0 Å². The van der Waals surface area contributed by atoms with Crippen LogP contribution in [0.1, 0.15) is 15.4 Å². The zero-order chi connectivity index (χ0) is 25.4. The number of pyridine rings is 1. The molecule has 0 aliphatic carbocycles. The summed E-state index contributed by atoms with van der Waals surface area (Å²) in [6, 6.07) is 10.4. The molecule has 4 aromatic rings. The van der Waals surface area contributed by atoms with Crippen molar-refractivity contribution in [2.75, 3.05) is 33.4 Å². The van der Waals surface area contributed by atoms with Gasteiger partial charge in [0.1, 0.15) is 23.8 Å². The number of thiophene rings is 1. The van der Waals surface area contributed by atoms with Gasteiger partial charge in [-0.3, -0.25) is 14.3 Å². The Labute approximate surface area is 210 Å². The van der Waals surface area contributed by atoms with E-state index in [2.05, 4.69) is 10.3 Å². The number of carbonyl (C=O) groups is 2. The number of nitrogens with one attached hydrogen (secondary N) is 1.